The van der Waals surface area contributed by atoms with E-state index in [9.17, 15) is 0 Å². The van der Waals surface area contributed by atoms with E-state index < -0.39 is 0 Å². The molecule has 1 rings (SSSR count). The first-order valence-electron chi connectivity index (χ1n) is 4.31. The zero-order chi connectivity index (χ0) is 9.84. The van der Waals surface area contributed by atoms with Gasteiger partial charge in [-0.05, 0) is 19.4 Å². The Morgan fingerprint density at radius 3 is 3.00 bits per heavy atom. The van der Waals surface area contributed by atoms with E-state index in [-0.39, 0.29) is 0 Å². The summed E-state index contributed by atoms with van der Waals surface area (Å²) in [6.45, 7) is 4.20. The van der Waals surface area contributed by atoms with Crippen LogP contribution in [0.15, 0.2) is 12.3 Å². The summed E-state index contributed by atoms with van der Waals surface area (Å²) in [6.07, 6.45) is 2.68. The lowest BCUT2D eigenvalue weighted by Crippen LogP contribution is -2.14. The molecule has 3 N–H and O–H groups in total. The number of nitrogens with one attached hydrogen (secondary N) is 1. The third-order valence-corrected chi connectivity index (χ3v) is 2.26. The zero-order valence-electron chi connectivity index (χ0n) is 7.84. The summed E-state index contributed by atoms with van der Waals surface area (Å²) in [6, 6.07) is 2.22. The van der Waals surface area contributed by atoms with Crippen molar-refractivity contribution in [3.63, 3.8) is 0 Å². The van der Waals surface area contributed by atoms with Crippen molar-refractivity contribution in [1.29, 1.82) is 0 Å². The standard InChI is InChI=1S/C9H14ClN3/c1-3-6(2)13-7-4-5-12-9(10)8(7)11/h4-6H,3,11H2,1-2H3,(H,12,13). The van der Waals surface area contributed by atoms with Crippen molar-refractivity contribution in [1.82, 2.24) is 4.98 Å². The van der Waals surface area contributed by atoms with Crippen LogP contribution in [-0.2, 0) is 0 Å². The van der Waals surface area contributed by atoms with E-state index in [4.69, 9.17) is 17.3 Å². The SMILES string of the molecule is CCC(C)Nc1ccnc(Cl)c1N. The third kappa shape index (κ3) is 2.49. The maximum absolute atomic E-state index is 5.76. The molecule has 1 heterocycles. The van der Waals surface area contributed by atoms with Crippen LogP contribution >= 0.6 is 11.6 Å². The predicted octanol–water partition coefficient (Wildman–Crippen LogP) is 2.53. The summed E-state index contributed by atoms with van der Waals surface area (Å²) in [5, 5.41) is 3.61. The molecule has 0 saturated carbocycles. The third-order valence-electron chi connectivity index (χ3n) is 1.96. The Bertz CT molecular complexity index is 288. The fraction of sp³-hybridized carbons (Fsp3) is 0.444. The van der Waals surface area contributed by atoms with Gasteiger partial charge in [0, 0.05) is 12.2 Å². The van der Waals surface area contributed by atoms with Gasteiger partial charge in [-0.25, -0.2) is 4.98 Å². The van der Waals surface area contributed by atoms with Crippen LogP contribution in [0.1, 0.15) is 20.3 Å². The number of nitrogens with zero attached hydrogens (tertiary/aromatic N) is 1. The molecule has 72 valence electrons. The summed E-state index contributed by atoms with van der Waals surface area (Å²) in [7, 11) is 0. The molecule has 1 aromatic rings. The summed E-state index contributed by atoms with van der Waals surface area (Å²) in [4.78, 5) is 3.87. The van der Waals surface area contributed by atoms with Gasteiger partial charge in [0.25, 0.3) is 0 Å². The maximum atomic E-state index is 5.76. The summed E-state index contributed by atoms with van der Waals surface area (Å²) in [5.74, 6) is 0. The van der Waals surface area contributed by atoms with Gasteiger partial charge in [0.05, 0.1) is 11.4 Å². The molecule has 3 nitrogen and oxygen atoms in total. The van der Waals surface area contributed by atoms with E-state index in [2.05, 4.69) is 24.1 Å². The molecule has 0 spiro atoms. The fourth-order valence-corrected chi connectivity index (χ4v) is 1.10. The van der Waals surface area contributed by atoms with Gasteiger partial charge in [0.1, 0.15) is 0 Å². The van der Waals surface area contributed by atoms with Gasteiger partial charge in [-0.15, -0.1) is 0 Å². The second-order valence-electron chi connectivity index (χ2n) is 3.02. The van der Waals surface area contributed by atoms with Crippen molar-refractivity contribution in [2.75, 3.05) is 11.1 Å². The second kappa shape index (κ2) is 4.33. The summed E-state index contributed by atoms with van der Waals surface area (Å²) in [5.41, 5.74) is 7.10. The monoisotopic (exact) mass is 199 g/mol. The lowest BCUT2D eigenvalue weighted by molar-refractivity contribution is 0.764. The Morgan fingerprint density at radius 1 is 1.69 bits per heavy atom. The number of halogens is 1. The van der Waals surface area contributed by atoms with E-state index in [0.717, 1.165) is 12.1 Å². The molecule has 0 aromatic carbocycles. The van der Waals surface area contributed by atoms with Crippen molar-refractivity contribution in [2.45, 2.75) is 26.3 Å². The van der Waals surface area contributed by atoms with Gasteiger partial charge in [-0.1, -0.05) is 18.5 Å². The molecule has 4 heteroatoms. The van der Waals surface area contributed by atoms with Gasteiger partial charge >= 0.3 is 0 Å². The highest BCUT2D eigenvalue weighted by Gasteiger charge is 2.05. The number of anilines is 2. The molecular weight excluding hydrogens is 186 g/mol. The molecule has 0 aliphatic heterocycles. The maximum Gasteiger partial charge on any atom is 0.153 e. The Kier molecular flexibility index (Phi) is 3.37. The molecule has 1 unspecified atom stereocenters. The highest BCUT2D eigenvalue weighted by molar-refractivity contribution is 6.32. The van der Waals surface area contributed by atoms with E-state index >= 15 is 0 Å². The number of nitrogen functional groups attached to an aromatic ring is 1. The molecule has 1 atom stereocenters. The average molecular weight is 200 g/mol. The van der Waals surface area contributed by atoms with E-state index in [1.54, 1.807) is 6.20 Å². The number of hydrogen-bond acceptors (Lipinski definition) is 3. The first-order chi connectivity index (χ1) is 6.15. The molecule has 0 aliphatic rings. The average Bonchev–Trinajstić information content (AvgIpc) is 2.13. The predicted molar refractivity (Wildman–Crippen MR) is 57.0 cm³/mol. The smallest absolute Gasteiger partial charge is 0.153 e. The highest BCUT2D eigenvalue weighted by atomic mass is 35.5. The van der Waals surface area contributed by atoms with E-state index in [0.29, 0.717) is 16.9 Å². The van der Waals surface area contributed by atoms with Crippen molar-refractivity contribution in [3.8, 4) is 0 Å². The van der Waals surface area contributed by atoms with Crippen molar-refractivity contribution in [3.05, 3.63) is 17.4 Å². The number of pyridine rings is 1. The molecule has 0 amide bonds. The van der Waals surface area contributed by atoms with Crippen molar-refractivity contribution >= 4 is 23.0 Å². The van der Waals surface area contributed by atoms with Crippen molar-refractivity contribution in [2.24, 2.45) is 0 Å². The van der Waals surface area contributed by atoms with E-state index in [1.165, 1.54) is 0 Å². The van der Waals surface area contributed by atoms with E-state index in [1.807, 2.05) is 6.07 Å². The van der Waals surface area contributed by atoms with Crippen LogP contribution in [0.5, 0.6) is 0 Å². The number of hydrogen-bond donors (Lipinski definition) is 2. The van der Waals surface area contributed by atoms with Gasteiger partial charge in [0.2, 0.25) is 0 Å². The fourth-order valence-electron chi connectivity index (χ4n) is 0.941. The van der Waals surface area contributed by atoms with Crippen LogP contribution in [0.2, 0.25) is 5.15 Å². The lowest BCUT2D eigenvalue weighted by Gasteiger charge is -2.14. The van der Waals surface area contributed by atoms with Crippen LogP contribution in [0, 0.1) is 0 Å². The molecule has 13 heavy (non-hydrogen) atoms. The van der Waals surface area contributed by atoms with Crippen LogP contribution in [0.25, 0.3) is 0 Å². The molecule has 0 radical (unpaired) electrons. The first-order valence-corrected chi connectivity index (χ1v) is 4.69. The Labute approximate surface area is 83.3 Å². The lowest BCUT2D eigenvalue weighted by atomic mass is 10.2. The summed E-state index contributed by atoms with van der Waals surface area (Å²) < 4.78 is 0. The highest BCUT2D eigenvalue weighted by Crippen LogP contribution is 2.25. The van der Waals surface area contributed by atoms with Crippen molar-refractivity contribution < 1.29 is 0 Å². The van der Waals surface area contributed by atoms with Gasteiger partial charge in [-0.2, -0.15) is 0 Å². The van der Waals surface area contributed by atoms with Crippen LogP contribution < -0.4 is 11.1 Å². The van der Waals surface area contributed by atoms with Crippen LogP contribution in [0.3, 0.4) is 0 Å². The molecule has 0 aliphatic carbocycles. The molecular formula is C9H14ClN3. The number of rotatable bonds is 3. The Morgan fingerprint density at radius 2 is 2.38 bits per heavy atom. The minimum Gasteiger partial charge on any atom is -0.395 e. The molecule has 0 fully saturated rings. The second-order valence-corrected chi connectivity index (χ2v) is 3.37. The quantitative estimate of drug-likeness (QED) is 0.736. The van der Waals surface area contributed by atoms with Crippen LogP contribution in [-0.4, -0.2) is 11.0 Å². The summed E-state index contributed by atoms with van der Waals surface area (Å²) >= 11 is 5.76. The zero-order valence-corrected chi connectivity index (χ0v) is 8.60. The largest absolute Gasteiger partial charge is 0.395 e. The minimum atomic E-state index is 0.355. The molecule has 0 bridgehead atoms. The Hall–Kier alpha value is -0.960. The minimum absolute atomic E-state index is 0.355. The van der Waals surface area contributed by atoms with Gasteiger partial charge in [0.15, 0.2) is 5.15 Å². The van der Waals surface area contributed by atoms with Crippen LogP contribution in [0.4, 0.5) is 11.4 Å². The first kappa shape index (κ1) is 10.1. The molecule has 0 saturated heterocycles. The topological polar surface area (TPSA) is 50.9 Å². The van der Waals surface area contributed by atoms with Gasteiger partial charge < -0.3 is 11.1 Å². The number of nitrogens with two attached hydrogens (primary N) is 1. The normalized spacial score (nSPS) is 12.5. The van der Waals surface area contributed by atoms with Gasteiger partial charge in [-0.3, -0.25) is 0 Å². The Balaban J connectivity index is 2.83. The number of aromatic nitrogens is 1. The molecule has 1 aromatic heterocycles.